The number of benzene rings is 1. The van der Waals surface area contributed by atoms with Gasteiger partial charge in [0.05, 0.1) is 0 Å². The Morgan fingerprint density at radius 1 is 1.39 bits per heavy atom. The minimum absolute atomic E-state index is 0.451. The maximum atomic E-state index is 3.56. The highest BCUT2D eigenvalue weighted by atomic mass is 15.2. The second kappa shape index (κ2) is 3.74. The van der Waals surface area contributed by atoms with E-state index in [0.717, 1.165) is 19.0 Å². The molecule has 1 N–H and O–H groups in total. The molecule has 96 valence electrons. The first-order chi connectivity index (χ1) is 8.79. The Hall–Kier alpha value is -1.02. The van der Waals surface area contributed by atoms with Crippen LogP contribution in [0.5, 0.6) is 0 Å². The zero-order valence-electron chi connectivity index (χ0n) is 11.2. The average Bonchev–Trinajstić information content (AvgIpc) is 2.64. The summed E-state index contributed by atoms with van der Waals surface area (Å²) in [6.45, 7) is 7.13. The lowest BCUT2D eigenvalue weighted by molar-refractivity contribution is 0.327. The molecule has 2 nitrogen and oxygen atoms in total. The Bertz CT molecular complexity index is 482. The van der Waals surface area contributed by atoms with Gasteiger partial charge < -0.3 is 10.2 Å². The monoisotopic (exact) mass is 242 g/mol. The normalized spacial score (nSPS) is 33.8. The molecule has 0 aromatic heterocycles. The molecule has 0 radical (unpaired) electrons. The van der Waals surface area contributed by atoms with Crippen LogP contribution < -0.4 is 10.2 Å². The van der Waals surface area contributed by atoms with Crippen LogP contribution in [0.4, 0.5) is 5.69 Å². The van der Waals surface area contributed by atoms with Crippen LogP contribution in [0.1, 0.15) is 37.3 Å². The van der Waals surface area contributed by atoms with Crippen molar-refractivity contribution in [3.63, 3.8) is 0 Å². The van der Waals surface area contributed by atoms with E-state index in [1.807, 2.05) is 0 Å². The summed E-state index contributed by atoms with van der Waals surface area (Å²) in [6, 6.07) is 6.97. The molecule has 18 heavy (non-hydrogen) atoms. The van der Waals surface area contributed by atoms with Gasteiger partial charge in [-0.05, 0) is 35.3 Å². The van der Waals surface area contributed by atoms with E-state index in [2.05, 4.69) is 35.3 Å². The standard InChI is InChI=1S/C16H22N2/c1-16-7-3-5-13(16)11-18-9-8-17-10-12-4-2-6-14(16)15(12)18/h2,4,6,13,17H,3,5,7-11H2,1H3. The van der Waals surface area contributed by atoms with Gasteiger partial charge in [0, 0.05) is 31.9 Å². The van der Waals surface area contributed by atoms with E-state index in [1.54, 1.807) is 11.3 Å². The Kier molecular flexibility index (Phi) is 2.25. The van der Waals surface area contributed by atoms with Crippen molar-refractivity contribution >= 4 is 5.69 Å². The molecular formula is C16H22N2. The molecule has 1 fully saturated rings. The summed E-state index contributed by atoms with van der Waals surface area (Å²) in [6.07, 6.45) is 4.22. The minimum Gasteiger partial charge on any atom is -0.369 e. The van der Waals surface area contributed by atoms with Crippen LogP contribution in [0.3, 0.4) is 0 Å². The first kappa shape index (κ1) is 10.9. The number of fused-ring (bicyclic) bond motifs is 2. The van der Waals surface area contributed by atoms with E-state index >= 15 is 0 Å². The van der Waals surface area contributed by atoms with Crippen molar-refractivity contribution in [1.29, 1.82) is 0 Å². The van der Waals surface area contributed by atoms with Crippen molar-refractivity contribution < 1.29 is 0 Å². The number of hydrogen-bond acceptors (Lipinski definition) is 2. The summed E-state index contributed by atoms with van der Waals surface area (Å²) in [5, 5.41) is 3.56. The van der Waals surface area contributed by atoms with E-state index in [1.165, 1.54) is 37.9 Å². The summed E-state index contributed by atoms with van der Waals surface area (Å²) in [5.41, 5.74) is 5.17. The highest BCUT2D eigenvalue weighted by Crippen LogP contribution is 2.53. The van der Waals surface area contributed by atoms with E-state index in [9.17, 15) is 0 Å². The number of nitrogens with one attached hydrogen (secondary N) is 1. The highest BCUT2D eigenvalue weighted by Gasteiger charge is 2.46. The van der Waals surface area contributed by atoms with Crippen LogP contribution in [0, 0.1) is 5.92 Å². The SMILES string of the molecule is CC12CCCC1CN1CCNCc3cccc2c31. The number of para-hydroxylation sites is 1. The molecule has 4 rings (SSSR count). The molecule has 2 heterocycles. The lowest BCUT2D eigenvalue weighted by Crippen LogP contribution is -2.45. The van der Waals surface area contributed by atoms with Gasteiger partial charge in [-0.15, -0.1) is 0 Å². The second-order valence-electron chi connectivity index (χ2n) is 6.44. The summed E-state index contributed by atoms with van der Waals surface area (Å²) >= 11 is 0. The van der Waals surface area contributed by atoms with Crippen molar-refractivity contribution in [3.05, 3.63) is 29.3 Å². The molecule has 1 aromatic carbocycles. The molecule has 1 aliphatic carbocycles. The number of rotatable bonds is 0. The predicted octanol–water partition coefficient (Wildman–Crippen LogP) is 2.67. The Balaban J connectivity index is 1.93. The number of nitrogens with zero attached hydrogens (tertiary/aromatic N) is 1. The van der Waals surface area contributed by atoms with E-state index in [4.69, 9.17) is 0 Å². The van der Waals surface area contributed by atoms with Gasteiger partial charge in [0.15, 0.2) is 0 Å². The topological polar surface area (TPSA) is 15.3 Å². The summed E-state index contributed by atoms with van der Waals surface area (Å²) in [5.74, 6) is 0.873. The number of hydrogen-bond donors (Lipinski definition) is 1. The molecule has 2 atom stereocenters. The zero-order chi connectivity index (χ0) is 12.2. The predicted molar refractivity (Wildman–Crippen MR) is 75.1 cm³/mol. The fourth-order valence-electron chi connectivity index (χ4n) is 4.45. The van der Waals surface area contributed by atoms with Gasteiger partial charge in [-0.1, -0.05) is 31.5 Å². The zero-order valence-corrected chi connectivity index (χ0v) is 11.2. The van der Waals surface area contributed by atoms with Gasteiger partial charge in [0.1, 0.15) is 0 Å². The van der Waals surface area contributed by atoms with Crippen LogP contribution in [-0.4, -0.2) is 19.6 Å². The van der Waals surface area contributed by atoms with Gasteiger partial charge >= 0.3 is 0 Å². The largest absolute Gasteiger partial charge is 0.369 e. The maximum absolute atomic E-state index is 3.56. The van der Waals surface area contributed by atoms with Crippen LogP contribution >= 0.6 is 0 Å². The van der Waals surface area contributed by atoms with Crippen molar-refractivity contribution in [2.75, 3.05) is 24.5 Å². The second-order valence-corrected chi connectivity index (χ2v) is 6.44. The summed E-state index contributed by atoms with van der Waals surface area (Å²) in [7, 11) is 0. The van der Waals surface area contributed by atoms with Crippen molar-refractivity contribution in [1.82, 2.24) is 5.32 Å². The molecule has 0 bridgehead atoms. The van der Waals surface area contributed by atoms with Crippen molar-refractivity contribution in [3.8, 4) is 0 Å². The molecule has 2 aliphatic heterocycles. The van der Waals surface area contributed by atoms with Crippen LogP contribution in [0.15, 0.2) is 18.2 Å². The smallest absolute Gasteiger partial charge is 0.0450 e. The van der Waals surface area contributed by atoms with Gasteiger partial charge in [-0.25, -0.2) is 0 Å². The highest BCUT2D eigenvalue weighted by molar-refractivity contribution is 5.65. The molecule has 0 saturated heterocycles. The first-order valence-electron chi connectivity index (χ1n) is 7.37. The minimum atomic E-state index is 0.451. The Morgan fingerprint density at radius 3 is 3.28 bits per heavy atom. The molecular weight excluding hydrogens is 220 g/mol. The summed E-state index contributed by atoms with van der Waals surface area (Å²) in [4.78, 5) is 2.66. The van der Waals surface area contributed by atoms with Gasteiger partial charge in [0.2, 0.25) is 0 Å². The third-order valence-electron chi connectivity index (χ3n) is 5.52. The first-order valence-corrected chi connectivity index (χ1v) is 7.37. The van der Waals surface area contributed by atoms with Crippen molar-refractivity contribution in [2.24, 2.45) is 5.92 Å². The number of anilines is 1. The third-order valence-corrected chi connectivity index (χ3v) is 5.52. The quantitative estimate of drug-likeness (QED) is 0.752. The molecule has 1 saturated carbocycles. The maximum Gasteiger partial charge on any atom is 0.0450 e. The van der Waals surface area contributed by atoms with Crippen molar-refractivity contribution in [2.45, 2.75) is 38.1 Å². The van der Waals surface area contributed by atoms with Gasteiger partial charge in [0.25, 0.3) is 0 Å². The van der Waals surface area contributed by atoms with Crippen LogP contribution in [0.2, 0.25) is 0 Å². The Morgan fingerprint density at radius 2 is 2.33 bits per heavy atom. The molecule has 0 amide bonds. The van der Waals surface area contributed by atoms with E-state index in [-0.39, 0.29) is 0 Å². The fourth-order valence-corrected chi connectivity index (χ4v) is 4.45. The lowest BCUT2D eigenvalue weighted by atomic mass is 9.70. The molecule has 0 spiro atoms. The lowest BCUT2D eigenvalue weighted by Gasteiger charge is -2.45. The summed E-state index contributed by atoms with van der Waals surface area (Å²) < 4.78 is 0. The average molecular weight is 242 g/mol. The van der Waals surface area contributed by atoms with Crippen LogP contribution in [-0.2, 0) is 12.0 Å². The third kappa shape index (κ3) is 1.33. The fraction of sp³-hybridized carbons (Fsp3) is 0.625. The van der Waals surface area contributed by atoms with Gasteiger partial charge in [-0.3, -0.25) is 0 Å². The van der Waals surface area contributed by atoms with Crippen LogP contribution in [0.25, 0.3) is 0 Å². The molecule has 3 aliphatic rings. The van der Waals surface area contributed by atoms with E-state index in [0.29, 0.717) is 5.41 Å². The van der Waals surface area contributed by atoms with E-state index < -0.39 is 0 Å². The molecule has 2 unspecified atom stereocenters. The molecule has 2 heteroatoms. The molecule has 1 aromatic rings. The van der Waals surface area contributed by atoms with Gasteiger partial charge in [-0.2, -0.15) is 0 Å². The Labute approximate surface area is 109 Å².